The molecule has 1 aliphatic heterocycles. The maximum absolute atomic E-state index is 12.6. The number of hydrogen-bond acceptors (Lipinski definition) is 5. The van der Waals surface area contributed by atoms with Gasteiger partial charge in [0.2, 0.25) is 0 Å². The van der Waals surface area contributed by atoms with Gasteiger partial charge >= 0.3 is 5.97 Å². The topological polar surface area (TPSA) is 50.1 Å². The van der Waals surface area contributed by atoms with E-state index in [0.717, 1.165) is 55.3 Å². The molecule has 1 aliphatic rings. The fourth-order valence-electron chi connectivity index (χ4n) is 3.68. The molecule has 0 unspecified atom stereocenters. The molecule has 0 radical (unpaired) electrons. The third-order valence-electron chi connectivity index (χ3n) is 5.21. The second-order valence-electron chi connectivity index (χ2n) is 7.22. The molecule has 0 amide bonds. The van der Waals surface area contributed by atoms with E-state index in [9.17, 15) is 4.79 Å². The third kappa shape index (κ3) is 3.79. The van der Waals surface area contributed by atoms with Gasteiger partial charge in [-0.1, -0.05) is 12.1 Å². The molecule has 0 atom stereocenters. The van der Waals surface area contributed by atoms with Crippen molar-refractivity contribution in [1.82, 2.24) is 19.2 Å². The van der Waals surface area contributed by atoms with Crippen LogP contribution in [0.2, 0.25) is 0 Å². The van der Waals surface area contributed by atoms with Gasteiger partial charge in [-0.15, -0.1) is 0 Å². The van der Waals surface area contributed by atoms with E-state index in [-0.39, 0.29) is 5.97 Å². The molecule has 4 rings (SSSR count). The fourth-order valence-corrected chi connectivity index (χ4v) is 3.68. The van der Waals surface area contributed by atoms with Crippen LogP contribution in [0.25, 0.3) is 16.9 Å². The molecule has 3 aromatic heterocycles. The Morgan fingerprint density at radius 2 is 1.93 bits per heavy atom. The van der Waals surface area contributed by atoms with E-state index in [0.29, 0.717) is 12.2 Å². The van der Waals surface area contributed by atoms with Crippen molar-refractivity contribution in [1.29, 1.82) is 0 Å². The Hall–Kier alpha value is -2.70. The van der Waals surface area contributed by atoms with Crippen molar-refractivity contribution in [2.75, 3.05) is 39.8 Å². The van der Waals surface area contributed by atoms with Gasteiger partial charge in [-0.2, -0.15) is 0 Å². The molecular weight excluding hydrogens is 352 g/mol. The van der Waals surface area contributed by atoms with Gasteiger partial charge in [-0.25, -0.2) is 9.78 Å². The van der Waals surface area contributed by atoms with Crippen LogP contribution in [0.4, 0.5) is 0 Å². The highest BCUT2D eigenvalue weighted by Crippen LogP contribution is 2.27. The van der Waals surface area contributed by atoms with Crippen LogP contribution in [-0.2, 0) is 11.3 Å². The van der Waals surface area contributed by atoms with Crippen LogP contribution in [0.15, 0.2) is 48.7 Å². The van der Waals surface area contributed by atoms with Crippen LogP contribution in [0.1, 0.15) is 23.0 Å². The predicted molar refractivity (Wildman–Crippen MR) is 109 cm³/mol. The summed E-state index contributed by atoms with van der Waals surface area (Å²) in [5.74, 6) is -0.313. The summed E-state index contributed by atoms with van der Waals surface area (Å²) in [5.41, 5.74) is 4.10. The zero-order chi connectivity index (χ0) is 19.5. The van der Waals surface area contributed by atoms with Crippen molar-refractivity contribution in [3.05, 3.63) is 59.9 Å². The lowest BCUT2D eigenvalue weighted by Crippen LogP contribution is -2.44. The first-order valence-electron chi connectivity index (χ1n) is 9.80. The molecule has 6 nitrogen and oxygen atoms in total. The Bertz CT molecular complexity index is 974. The molecule has 0 spiro atoms. The Kier molecular flexibility index (Phi) is 5.41. The van der Waals surface area contributed by atoms with Gasteiger partial charge in [-0.3, -0.25) is 4.90 Å². The van der Waals surface area contributed by atoms with Gasteiger partial charge < -0.3 is 14.0 Å². The Labute approximate surface area is 165 Å². The SMILES string of the molecule is CCOC(=O)c1cc2ccccn2c1-c1cccc(CN2CCN(C)CC2)n1. The molecule has 6 heteroatoms. The summed E-state index contributed by atoms with van der Waals surface area (Å²) in [6.07, 6.45) is 1.96. The van der Waals surface area contributed by atoms with Crippen LogP contribution in [-0.4, -0.2) is 65.0 Å². The maximum atomic E-state index is 12.6. The number of hydrogen-bond donors (Lipinski definition) is 0. The summed E-state index contributed by atoms with van der Waals surface area (Å²) in [4.78, 5) is 22.2. The Morgan fingerprint density at radius 1 is 1.11 bits per heavy atom. The van der Waals surface area contributed by atoms with Crippen LogP contribution < -0.4 is 0 Å². The number of piperazine rings is 1. The standard InChI is InChI=1S/C22H26N4O2/c1-3-28-22(27)19-15-18-8-4-5-10-26(18)21(19)20-9-6-7-17(23-20)16-25-13-11-24(2)12-14-25/h4-10,15H,3,11-14,16H2,1-2H3. The molecule has 0 aromatic carbocycles. The quantitative estimate of drug-likeness (QED) is 0.639. The fraction of sp³-hybridized carbons (Fsp3) is 0.364. The van der Waals surface area contributed by atoms with E-state index in [1.807, 2.05) is 53.9 Å². The molecule has 1 fully saturated rings. The molecule has 0 saturated carbocycles. The number of rotatable bonds is 5. The zero-order valence-corrected chi connectivity index (χ0v) is 16.5. The van der Waals surface area contributed by atoms with E-state index < -0.39 is 0 Å². The van der Waals surface area contributed by atoms with Crippen LogP contribution >= 0.6 is 0 Å². The lowest BCUT2D eigenvalue weighted by atomic mass is 10.1. The predicted octanol–water partition coefficient (Wildman–Crippen LogP) is 2.93. The average molecular weight is 378 g/mol. The molecule has 0 aliphatic carbocycles. The lowest BCUT2D eigenvalue weighted by molar-refractivity contribution is 0.0527. The van der Waals surface area contributed by atoms with E-state index in [2.05, 4.69) is 22.9 Å². The lowest BCUT2D eigenvalue weighted by Gasteiger charge is -2.32. The number of pyridine rings is 2. The Morgan fingerprint density at radius 3 is 2.71 bits per heavy atom. The number of carbonyl (C=O) groups is 1. The molecule has 0 N–H and O–H groups in total. The van der Waals surface area contributed by atoms with Gasteiger partial charge in [0.25, 0.3) is 0 Å². The summed E-state index contributed by atoms with van der Waals surface area (Å²) in [6.45, 7) is 7.24. The van der Waals surface area contributed by atoms with Crippen molar-refractivity contribution in [3.63, 3.8) is 0 Å². The average Bonchev–Trinajstić information content (AvgIpc) is 3.10. The molecule has 4 heterocycles. The highest BCUT2D eigenvalue weighted by Gasteiger charge is 2.21. The van der Waals surface area contributed by atoms with E-state index in [4.69, 9.17) is 9.72 Å². The van der Waals surface area contributed by atoms with Crippen molar-refractivity contribution in [2.24, 2.45) is 0 Å². The summed E-state index contributed by atoms with van der Waals surface area (Å²) in [7, 11) is 2.16. The molecule has 0 bridgehead atoms. The summed E-state index contributed by atoms with van der Waals surface area (Å²) in [6, 6.07) is 13.8. The normalized spacial score (nSPS) is 15.8. The van der Waals surface area contributed by atoms with Gasteiger partial charge in [0.15, 0.2) is 0 Å². The maximum Gasteiger partial charge on any atom is 0.340 e. The van der Waals surface area contributed by atoms with Gasteiger partial charge in [0, 0.05) is 44.4 Å². The van der Waals surface area contributed by atoms with Crippen molar-refractivity contribution < 1.29 is 9.53 Å². The monoisotopic (exact) mass is 378 g/mol. The number of fused-ring (bicyclic) bond motifs is 1. The third-order valence-corrected chi connectivity index (χ3v) is 5.21. The molecule has 3 aromatic rings. The first kappa shape index (κ1) is 18.7. The second kappa shape index (κ2) is 8.12. The summed E-state index contributed by atoms with van der Waals surface area (Å²) >= 11 is 0. The number of ether oxygens (including phenoxy) is 1. The van der Waals surface area contributed by atoms with Crippen LogP contribution in [0, 0.1) is 0 Å². The number of esters is 1. The van der Waals surface area contributed by atoms with E-state index in [1.54, 1.807) is 0 Å². The highest BCUT2D eigenvalue weighted by atomic mass is 16.5. The van der Waals surface area contributed by atoms with Crippen molar-refractivity contribution >= 4 is 11.5 Å². The molecular formula is C22H26N4O2. The van der Waals surface area contributed by atoms with Gasteiger partial charge in [0.1, 0.15) is 0 Å². The van der Waals surface area contributed by atoms with Crippen molar-refractivity contribution in [2.45, 2.75) is 13.5 Å². The Balaban J connectivity index is 1.69. The number of carbonyl (C=O) groups excluding carboxylic acids is 1. The zero-order valence-electron chi connectivity index (χ0n) is 16.5. The minimum Gasteiger partial charge on any atom is -0.462 e. The largest absolute Gasteiger partial charge is 0.462 e. The van der Waals surface area contributed by atoms with Crippen molar-refractivity contribution in [3.8, 4) is 11.4 Å². The molecule has 1 saturated heterocycles. The number of likely N-dealkylation sites (N-methyl/N-ethyl adjacent to an activating group) is 1. The van der Waals surface area contributed by atoms with Gasteiger partial charge in [-0.05, 0) is 44.3 Å². The van der Waals surface area contributed by atoms with E-state index >= 15 is 0 Å². The summed E-state index contributed by atoms with van der Waals surface area (Å²) < 4.78 is 7.30. The first-order valence-corrected chi connectivity index (χ1v) is 9.80. The first-order chi connectivity index (χ1) is 13.7. The highest BCUT2D eigenvalue weighted by molar-refractivity contribution is 5.98. The molecule has 28 heavy (non-hydrogen) atoms. The number of aromatic nitrogens is 2. The number of nitrogens with zero attached hydrogens (tertiary/aromatic N) is 4. The van der Waals surface area contributed by atoms with Gasteiger partial charge in [0.05, 0.1) is 29.3 Å². The van der Waals surface area contributed by atoms with Crippen LogP contribution in [0.5, 0.6) is 0 Å². The van der Waals surface area contributed by atoms with E-state index in [1.165, 1.54) is 0 Å². The minimum atomic E-state index is -0.313. The minimum absolute atomic E-state index is 0.313. The second-order valence-corrected chi connectivity index (χ2v) is 7.22. The smallest absolute Gasteiger partial charge is 0.340 e. The van der Waals surface area contributed by atoms with Crippen LogP contribution in [0.3, 0.4) is 0 Å². The summed E-state index contributed by atoms with van der Waals surface area (Å²) in [5, 5.41) is 0. The molecule has 146 valence electrons.